The highest BCUT2D eigenvalue weighted by molar-refractivity contribution is 5.84. The molecule has 1 fully saturated rings. The van der Waals surface area contributed by atoms with Crippen LogP contribution in [0.2, 0.25) is 0 Å². The summed E-state index contributed by atoms with van der Waals surface area (Å²) in [5.41, 5.74) is 0. The fourth-order valence-corrected chi connectivity index (χ4v) is 2.00. The summed E-state index contributed by atoms with van der Waals surface area (Å²) in [6.07, 6.45) is 0. The summed E-state index contributed by atoms with van der Waals surface area (Å²) in [4.78, 5) is 24.1. The van der Waals surface area contributed by atoms with Gasteiger partial charge in [-0.1, -0.05) is 6.92 Å². The normalized spacial score (nSPS) is 23.6. The molecule has 0 aromatic carbocycles. The third kappa shape index (κ3) is 3.67. The van der Waals surface area contributed by atoms with Gasteiger partial charge in [-0.05, 0) is 13.5 Å². The van der Waals surface area contributed by atoms with E-state index in [0.29, 0.717) is 19.8 Å². The zero-order valence-electron chi connectivity index (χ0n) is 10.3. The van der Waals surface area contributed by atoms with Gasteiger partial charge in [-0.3, -0.25) is 9.59 Å². The smallest absolute Gasteiger partial charge is 0.323 e. The van der Waals surface area contributed by atoms with Crippen LogP contribution in [0, 0.1) is 5.92 Å². The predicted molar refractivity (Wildman–Crippen MR) is 61.7 cm³/mol. The van der Waals surface area contributed by atoms with Crippen LogP contribution in [0.4, 0.5) is 0 Å². The summed E-state index contributed by atoms with van der Waals surface area (Å²) in [5, 5.41) is 11.9. The minimum absolute atomic E-state index is 0.00431. The maximum absolute atomic E-state index is 12.1. The van der Waals surface area contributed by atoms with E-state index in [1.807, 2.05) is 6.92 Å². The van der Waals surface area contributed by atoms with Crippen molar-refractivity contribution in [3.63, 3.8) is 0 Å². The second kappa shape index (κ2) is 6.56. The van der Waals surface area contributed by atoms with E-state index in [1.54, 1.807) is 6.92 Å². The van der Waals surface area contributed by atoms with Crippen molar-refractivity contribution in [1.82, 2.24) is 10.2 Å². The van der Waals surface area contributed by atoms with Crippen molar-refractivity contribution in [2.45, 2.75) is 19.9 Å². The average Bonchev–Trinajstić information content (AvgIpc) is 2.73. The number of carbonyl (C=O) groups is 2. The number of carboxylic acids is 1. The minimum Gasteiger partial charge on any atom is -0.480 e. The number of hydrogen-bond acceptors (Lipinski definition) is 4. The molecule has 0 saturated carbocycles. The average molecular weight is 244 g/mol. The summed E-state index contributed by atoms with van der Waals surface area (Å²) in [7, 11) is 0. The third-order valence-corrected chi connectivity index (χ3v) is 2.88. The van der Waals surface area contributed by atoms with Crippen LogP contribution >= 0.6 is 0 Å². The maximum Gasteiger partial charge on any atom is 0.323 e. The molecular formula is C11H20N2O4. The summed E-state index contributed by atoms with van der Waals surface area (Å²) >= 11 is 0. The number of nitrogens with one attached hydrogen (secondary N) is 1. The van der Waals surface area contributed by atoms with Crippen molar-refractivity contribution in [3.8, 4) is 0 Å². The first-order chi connectivity index (χ1) is 8.10. The lowest BCUT2D eigenvalue weighted by Crippen LogP contribution is -2.47. The van der Waals surface area contributed by atoms with E-state index in [0.717, 1.165) is 6.54 Å². The summed E-state index contributed by atoms with van der Waals surface area (Å²) in [6.45, 7) is 5.54. The molecule has 1 aliphatic rings. The fraction of sp³-hybridized carbons (Fsp3) is 0.818. The first kappa shape index (κ1) is 13.9. The fourth-order valence-electron chi connectivity index (χ4n) is 2.00. The molecule has 1 rings (SSSR count). The van der Waals surface area contributed by atoms with Crippen LogP contribution in [-0.2, 0) is 14.3 Å². The van der Waals surface area contributed by atoms with Crippen LogP contribution in [0.3, 0.4) is 0 Å². The van der Waals surface area contributed by atoms with E-state index < -0.39 is 5.97 Å². The highest BCUT2D eigenvalue weighted by atomic mass is 16.5. The van der Waals surface area contributed by atoms with Gasteiger partial charge in [-0.25, -0.2) is 0 Å². The largest absolute Gasteiger partial charge is 0.480 e. The lowest BCUT2D eigenvalue weighted by atomic mass is 10.0. The Hall–Kier alpha value is -1.14. The number of amides is 1. The Bertz CT molecular complexity index is 283. The Morgan fingerprint density at radius 3 is 2.65 bits per heavy atom. The topological polar surface area (TPSA) is 78.9 Å². The molecule has 0 bridgehead atoms. The molecule has 1 heterocycles. The molecule has 6 heteroatoms. The molecule has 0 aromatic rings. The van der Waals surface area contributed by atoms with Gasteiger partial charge < -0.3 is 20.1 Å². The van der Waals surface area contributed by atoms with Gasteiger partial charge >= 0.3 is 5.97 Å². The zero-order chi connectivity index (χ0) is 12.8. The van der Waals surface area contributed by atoms with Gasteiger partial charge in [0.05, 0.1) is 19.1 Å². The highest BCUT2D eigenvalue weighted by Gasteiger charge is 2.36. The van der Waals surface area contributed by atoms with Gasteiger partial charge in [0.2, 0.25) is 5.91 Å². The van der Waals surface area contributed by atoms with Crippen LogP contribution in [-0.4, -0.2) is 60.8 Å². The Morgan fingerprint density at radius 1 is 1.41 bits per heavy atom. The molecule has 0 aromatic heterocycles. The summed E-state index contributed by atoms with van der Waals surface area (Å²) in [6, 6.07) is -0.00431. The van der Waals surface area contributed by atoms with E-state index in [-0.39, 0.29) is 24.4 Å². The number of carbonyl (C=O) groups excluding carboxylic acids is 1. The van der Waals surface area contributed by atoms with E-state index >= 15 is 0 Å². The van der Waals surface area contributed by atoms with Gasteiger partial charge in [0.25, 0.3) is 0 Å². The summed E-state index contributed by atoms with van der Waals surface area (Å²) in [5.74, 6) is -1.40. The van der Waals surface area contributed by atoms with Crippen molar-refractivity contribution >= 4 is 11.9 Å². The zero-order valence-corrected chi connectivity index (χ0v) is 10.3. The van der Waals surface area contributed by atoms with Crippen LogP contribution in [0.15, 0.2) is 0 Å². The predicted octanol–water partition coefficient (Wildman–Crippen LogP) is -0.456. The van der Waals surface area contributed by atoms with Crippen LogP contribution in [0.5, 0.6) is 0 Å². The first-order valence-corrected chi connectivity index (χ1v) is 5.91. The molecule has 0 spiro atoms. The molecule has 0 aliphatic carbocycles. The number of likely N-dealkylation sites (N-methyl/N-ethyl adjacent to an activating group) is 2. The number of aliphatic carboxylic acids is 1. The van der Waals surface area contributed by atoms with Crippen molar-refractivity contribution in [2.75, 3.05) is 32.8 Å². The van der Waals surface area contributed by atoms with E-state index in [1.165, 1.54) is 4.90 Å². The molecule has 6 nitrogen and oxygen atoms in total. The Morgan fingerprint density at radius 2 is 2.12 bits per heavy atom. The number of nitrogens with zero attached hydrogens (tertiary/aromatic N) is 1. The maximum atomic E-state index is 12.1. The lowest BCUT2D eigenvalue weighted by Gasteiger charge is -2.25. The minimum atomic E-state index is -0.987. The quantitative estimate of drug-likeness (QED) is 0.661. The van der Waals surface area contributed by atoms with E-state index in [2.05, 4.69) is 5.32 Å². The van der Waals surface area contributed by atoms with Crippen molar-refractivity contribution in [2.24, 2.45) is 5.92 Å². The van der Waals surface area contributed by atoms with Crippen molar-refractivity contribution in [3.05, 3.63) is 0 Å². The number of carboxylic acid groups (broad SMARTS) is 1. The SMILES string of the molecule is CCNC1COCC1C(=O)N(CC)CC(=O)O. The molecule has 17 heavy (non-hydrogen) atoms. The van der Waals surface area contributed by atoms with Gasteiger partial charge in [-0.2, -0.15) is 0 Å². The Labute approximate surface area is 101 Å². The molecule has 2 N–H and O–H groups in total. The van der Waals surface area contributed by atoms with Gasteiger partial charge in [0, 0.05) is 12.6 Å². The molecule has 1 amide bonds. The first-order valence-electron chi connectivity index (χ1n) is 5.91. The molecular weight excluding hydrogens is 224 g/mol. The van der Waals surface area contributed by atoms with Crippen molar-refractivity contribution < 1.29 is 19.4 Å². The highest BCUT2D eigenvalue weighted by Crippen LogP contribution is 2.16. The number of rotatable bonds is 6. The molecule has 0 radical (unpaired) electrons. The van der Waals surface area contributed by atoms with E-state index in [4.69, 9.17) is 9.84 Å². The lowest BCUT2D eigenvalue weighted by molar-refractivity contribution is -0.146. The number of hydrogen-bond donors (Lipinski definition) is 2. The molecule has 1 saturated heterocycles. The Kier molecular flexibility index (Phi) is 5.37. The van der Waals surface area contributed by atoms with Crippen LogP contribution in [0.25, 0.3) is 0 Å². The van der Waals surface area contributed by atoms with Gasteiger partial charge in [0.15, 0.2) is 0 Å². The standard InChI is InChI=1S/C11H20N2O4/c1-3-12-9-7-17-6-8(9)11(16)13(4-2)5-10(14)15/h8-9,12H,3-7H2,1-2H3,(H,14,15). The molecule has 2 unspecified atom stereocenters. The van der Waals surface area contributed by atoms with Gasteiger partial charge in [0.1, 0.15) is 6.54 Å². The van der Waals surface area contributed by atoms with Crippen LogP contribution in [0.1, 0.15) is 13.8 Å². The monoisotopic (exact) mass is 244 g/mol. The Balaban J connectivity index is 2.62. The number of ether oxygens (including phenoxy) is 1. The van der Waals surface area contributed by atoms with Gasteiger partial charge in [-0.15, -0.1) is 0 Å². The summed E-state index contributed by atoms with van der Waals surface area (Å²) < 4.78 is 5.29. The molecule has 2 atom stereocenters. The van der Waals surface area contributed by atoms with E-state index in [9.17, 15) is 9.59 Å². The van der Waals surface area contributed by atoms with Crippen LogP contribution < -0.4 is 5.32 Å². The second-order valence-electron chi connectivity index (χ2n) is 4.05. The third-order valence-electron chi connectivity index (χ3n) is 2.88. The van der Waals surface area contributed by atoms with Crippen molar-refractivity contribution in [1.29, 1.82) is 0 Å². The second-order valence-corrected chi connectivity index (χ2v) is 4.05. The molecule has 98 valence electrons. The molecule has 1 aliphatic heterocycles.